The van der Waals surface area contributed by atoms with Gasteiger partial charge in [0.25, 0.3) is 5.91 Å². The van der Waals surface area contributed by atoms with Crippen molar-refractivity contribution in [1.82, 2.24) is 14.9 Å². The molecule has 0 unspecified atom stereocenters. The van der Waals surface area contributed by atoms with Gasteiger partial charge in [0.05, 0.1) is 31.4 Å². The van der Waals surface area contributed by atoms with E-state index in [1.54, 1.807) is 44.7 Å². The maximum atomic E-state index is 13.0. The van der Waals surface area contributed by atoms with Crippen LogP contribution >= 0.6 is 0 Å². The number of amides is 1. The van der Waals surface area contributed by atoms with Crippen molar-refractivity contribution in [3.63, 3.8) is 0 Å². The predicted octanol–water partition coefficient (Wildman–Crippen LogP) is 3.51. The van der Waals surface area contributed by atoms with E-state index in [9.17, 15) is 10.1 Å². The minimum absolute atomic E-state index is 0.0354. The summed E-state index contributed by atoms with van der Waals surface area (Å²) in [6, 6.07) is 12.7. The van der Waals surface area contributed by atoms with Crippen molar-refractivity contribution in [2.24, 2.45) is 0 Å². The summed E-state index contributed by atoms with van der Waals surface area (Å²) in [6.45, 7) is 4.97. The lowest BCUT2D eigenvalue weighted by Gasteiger charge is -2.19. The molecule has 0 aliphatic rings. The zero-order valence-electron chi connectivity index (χ0n) is 18.7. The topological polar surface area (TPSA) is 101 Å². The van der Waals surface area contributed by atoms with Gasteiger partial charge in [-0.1, -0.05) is 6.07 Å². The number of nitriles is 1. The molecule has 1 atom stereocenters. The molecule has 0 saturated carbocycles. The second-order valence-corrected chi connectivity index (χ2v) is 7.42. The first-order valence-corrected chi connectivity index (χ1v) is 10.2. The summed E-state index contributed by atoms with van der Waals surface area (Å²) >= 11 is 0. The number of hydrogen-bond donors (Lipinski definition) is 2. The third kappa shape index (κ3) is 5.38. The predicted molar refractivity (Wildman–Crippen MR) is 122 cm³/mol. The van der Waals surface area contributed by atoms with Crippen LogP contribution in [0.25, 0.3) is 0 Å². The van der Waals surface area contributed by atoms with Gasteiger partial charge in [0.2, 0.25) is 0 Å². The van der Waals surface area contributed by atoms with E-state index >= 15 is 0 Å². The van der Waals surface area contributed by atoms with Crippen molar-refractivity contribution in [2.45, 2.75) is 33.0 Å². The van der Waals surface area contributed by atoms with Crippen molar-refractivity contribution in [1.29, 1.82) is 5.26 Å². The van der Waals surface area contributed by atoms with Crippen LogP contribution in [0.2, 0.25) is 0 Å². The number of rotatable bonds is 9. The molecule has 1 heterocycles. The number of ether oxygens (including phenoxy) is 2. The Morgan fingerprint density at radius 2 is 1.97 bits per heavy atom. The normalized spacial score (nSPS) is 11.3. The number of hydrogen-bond acceptors (Lipinski definition) is 6. The number of imidazole rings is 1. The van der Waals surface area contributed by atoms with Crippen LogP contribution in [0.4, 0.5) is 5.69 Å². The molecule has 166 valence electrons. The molecule has 2 aromatic carbocycles. The number of aromatic nitrogens is 2. The highest BCUT2D eigenvalue weighted by Gasteiger charge is 2.15. The number of carbonyl (C=O) groups is 1. The fourth-order valence-electron chi connectivity index (χ4n) is 3.40. The van der Waals surface area contributed by atoms with Crippen LogP contribution < -0.4 is 20.1 Å². The molecule has 0 spiro atoms. The molecule has 1 aromatic heterocycles. The second-order valence-electron chi connectivity index (χ2n) is 7.42. The lowest BCUT2D eigenvalue weighted by atomic mass is 10.1. The fourth-order valence-corrected chi connectivity index (χ4v) is 3.40. The van der Waals surface area contributed by atoms with Crippen LogP contribution in [0.1, 0.15) is 34.2 Å². The van der Waals surface area contributed by atoms with Crippen molar-refractivity contribution in [3.8, 4) is 17.6 Å². The van der Waals surface area contributed by atoms with Crippen LogP contribution in [-0.2, 0) is 13.1 Å². The molecule has 0 saturated heterocycles. The molecule has 0 aliphatic heterocycles. The fraction of sp³-hybridized carbons (Fsp3) is 0.292. The van der Waals surface area contributed by atoms with Crippen LogP contribution in [0.3, 0.4) is 0 Å². The molecule has 8 nitrogen and oxygen atoms in total. The maximum absolute atomic E-state index is 13.0. The molecule has 0 fully saturated rings. The number of anilines is 1. The third-order valence-electron chi connectivity index (χ3n) is 5.09. The molecule has 32 heavy (non-hydrogen) atoms. The molecule has 1 amide bonds. The van der Waals surface area contributed by atoms with Gasteiger partial charge in [-0.2, -0.15) is 5.26 Å². The molecule has 0 aliphatic carbocycles. The summed E-state index contributed by atoms with van der Waals surface area (Å²) in [7, 11) is 3.14. The molecule has 0 radical (unpaired) electrons. The maximum Gasteiger partial charge on any atom is 0.253 e. The summed E-state index contributed by atoms with van der Waals surface area (Å²) in [5.41, 5.74) is 2.37. The number of aryl methyl sites for hydroxylation is 1. The molecule has 3 rings (SSSR count). The van der Waals surface area contributed by atoms with Crippen molar-refractivity contribution < 1.29 is 14.3 Å². The zero-order valence-corrected chi connectivity index (χ0v) is 18.7. The largest absolute Gasteiger partial charge is 0.493 e. The third-order valence-corrected chi connectivity index (χ3v) is 5.09. The summed E-state index contributed by atoms with van der Waals surface area (Å²) in [4.78, 5) is 17.2. The van der Waals surface area contributed by atoms with Gasteiger partial charge in [-0.3, -0.25) is 4.79 Å². The minimum atomic E-state index is -0.273. The Bertz CT molecular complexity index is 1130. The Morgan fingerprint density at radius 1 is 1.19 bits per heavy atom. The van der Waals surface area contributed by atoms with E-state index in [-0.39, 0.29) is 11.9 Å². The molecular weight excluding hydrogens is 406 g/mol. The van der Waals surface area contributed by atoms with Crippen molar-refractivity contribution in [2.75, 3.05) is 19.5 Å². The summed E-state index contributed by atoms with van der Waals surface area (Å²) in [5, 5.41) is 15.6. The van der Waals surface area contributed by atoms with Gasteiger partial charge < -0.3 is 24.7 Å². The summed E-state index contributed by atoms with van der Waals surface area (Å²) in [5.74, 6) is 1.87. The van der Waals surface area contributed by atoms with E-state index in [0.29, 0.717) is 41.4 Å². The van der Waals surface area contributed by atoms with Gasteiger partial charge in [-0.15, -0.1) is 0 Å². The van der Waals surface area contributed by atoms with Gasteiger partial charge in [-0.25, -0.2) is 4.98 Å². The number of nitrogens with zero attached hydrogens (tertiary/aromatic N) is 3. The number of benzene rings is 2. The standard InChI is InChI=1S/C24H27N5O3/c1-16(15-29-10-9-26-17(29)2)28-21-7-5-18(13-25)11-20(21)24(30)27-14-19-6-8-22(31-3)23(12-19)32-4/h5-12,16,28H,14-15H2,1-4H3,(H,27,30)/t16-/m0/s1. The Labute approximate surface area is 187 Å². The van der Waals surface area contributed by atoms with E-state index in [4.69, 9.17) is 9.47 Å². The van der Waals surface area contributed by atoms with E-state index in [0.717, 1.165) is 11.4 Å². The van der Waals surface area contributed by atoms with Crippen LogP contribution in [0, 0.1) is 18.3 Å². The van der Waals surface area contributed by atoms with Gasteiger partial charge in [0, 0.05) is 37.2 Å². The van der Waals surface area contributed by atoms with E-state index in [1.807, 2.05) is 36.7 Å². The first-order chi connectivity index (χ1) is 15.4. The Hall–Kier alpha value is -3.99. The van der Waals surface area contributed by atoms with Gasteiger partial charge >= 0.3 is 0 Å². The zero-order chi connectivity index (χ0) is 23.1. The summed E-state index contributed by atoms with van der Waals surface area (Å²) < 4.78 is 12.6. The highest BCUT2D eigenvalue weighted by atomic mass is 16.5. The van der Waals surface area contributed by atoms with Crippen LogP contribution in [0.15, 0.2) is 48.8 Å². The lowest BCUT2D eigenvalue weighted by Crippen LogP contribution is -2.27. The Morgan fingerprint density at radius 3 is 2.62 bits per heavy atom. The number of methoxy groups -OCH3 is 2. The van der Waals surface area contributed by atoms with Crippen LogP contribution in [0.5, 0.6) is 11.5 Å². The molecule has 8 heteroatoms. The lowest BCUT2D eigenvalue weighted by molar-refractivity contribution is 0.0951. The number of nitrogens with one attached hydrogen (secondary N) is 2. The van der Waals surface area contributed by atoms with Gasteiger partial charge in [0.15, 0.2) is 11.5 Å². The average molecular weight is 434 g/mol. The monoisotopic (exact) mass is 433 g/mol. The van der Waals surface area contributed by atoms with Crippen LogP contribution in [-0.4, -0.2) is 35.7 Å². The first kappa shape index (κ1) is 22.7. The Kier molecular flexibility index (Phi) is 7.34. The second kappa shape index (κ2) is 10.4. The van der Waals surface area contributed by atoms with Crippen molar-refractivity contribution in [3.05, 3.63) is 71.3 Å². The van der Waals surface area contributed by atoms with Gasteiger partial charge in [-0.05, 0) is 49.7 Å². The SMILES string of the molecule is COc1ccc(CNC(=O)c2cc(C#N)ccc2N[C@@H](C)Cn2ccnc2C)cc1OC. The molecular formula is C24H27N5O3. The minimum Gasteiger partial charge on any atom is -0.493 e. The van der Waals surface area contributed by atoms with E-state index in [1.165, 1.54) is 0 Å². The summed E-state index contributed by atoms with van der Waals surface area (Å²) in [6.07, 6.45) is 3.68. The molecule has 3 aromatic rings. The number of carbonyl (C=O) groups excluding carboxylic acids is 1. The average Bonchev–Trinajstić information content (AvgIpc) is 3.21. The quantitative estimate of drug-likeness (QED) is 0.536. The van der Waals surface area contributed by atoms with Crippen molar-refractivity contribution >= 4 is 11.6 Å². The van der Waals surface area contributed by atoms with Gasteiger partial charge in [0.1, 0.15) is 5.82 Å². The van der Waals surface area contributed by atoms with E-state index < -0.39 is 0 Å². The smallest absolute Gasteiger partial charge is 0.253 e. The Balaban J connectivity index is 1.74. The first-order valence-electron chi connectivity index (χ1n) is 10.2. The highest BCUT2D eigenvalue weighted by Crippen LogP contribution is 2.27. The van der Waals surface area contributed by atoms with E-state index in [2.05, 4.69) is 21.7 Å². The highest BCUT2D eigenvalue weighted by molar-refractivity contribution is 6.00. The molecule has 0 bridgehead atoms. The molecule has 2 N–H and O–H groups in total.